The van der Waals surface area contributed by atoms with Gasteiger partial charge >= 0.3 is 5.97 Å². The Balaban J connectivity index is 2.87. The Morgan fingerprint density at radius 1 is 1.47 bits per heavy atom. The molecular formula is C12H16ClNO3. The normalized spacial score (nSPS) is 11.3. The maximum Gasteiger partial charge on any atom is 0.328 e. The number of benzene rings is 1. The van der Waals surface area contributed by atoms with Crippen molar-refractivity contribution < 1.29 is 15.0 Å². The molecule has 3 N–H and O–H groups in total. The predicted octanol–water partition coefficient (Wildman–Crippen LogP) is 2.15. The molecule has 0 unspecified atom stereocenters. The molecule has 0 heterocycles. The Morgan fingerprint density at radius 3 is 2.59 bits per heavy atom. The van der Waals surface area contributed by atoms with Gasteiger partial charge in [0, 0.05) is 17.3 Å². The van der Waals surface area contributed by atoms with E-state index in [0.29, 0.717) is 17.1 Å². The highest BCUT2D eigenvalue weighted by Crippen LogP contribution is 2.23. The van der Waals surface area contributed by atoms with Crippen LogP contribution in [0.2, 0.25) is 5.02 Å². The Labute approximate surface area is 105 Å². The Morgan fingerprint density at radius 2 is 2.12 bits per heavy atom. The molecule has 5 heteroatoms. The van der Waals surface area contributed by atoms with Gasteiger partial charge < -0.3 is 15.5 Å². The van der Waals surface area contributed by atoms with E-state index >= 15 is 0 Å². The van der Waals surface area contributed by atoms with Crippen LogP contribution < -0.4 is 5.32 Å². The lowest BCUT2D eigenvalue weighted by atomic mass is 10.0. The summed E-state index contributed by atoms with van der Waals surface area (Å²) in [6.07, 6.45) is 0.488. The van der Waals surface area contributed by atoms with Gasteiger partial charge in [-0.1, -0.05) is 17.7 Å². The summed E-state index contributed by atoms with van der Waals surface area (Å²) >= 11 is 6.02. The molecule has 0 fully saturated rings. The van der Waals surface area contributed by atoms with Crippen molar-refractivity contribution in [1.82, 2.24) is 0 Å². The first-order chi connectivity index (χ1) is 7.86. The molecule has 17 heavy (non-hydrogen) atoms. The van der Waals surface area contributed by atoms with Crippen LogP contribution in [0.1, 0.15) is 19.4 Å². The van der Waals surface area contributed by atoms with Gasteiger partial charge in [0.1, 0.15) is 5.54 Å². The first-order valence-corrected chi connectivity index (χ1v) is 5.65. The Bertz CT molecular complexity index is 418. The molecule has 1 aromatic carbocycles. The van der Waals surface area contributed by atoms with Crippen molar-refractivity contribution in [2.24, 2.45) is 0 Å². The van der Waals surface area contributed by atoms with Gasteiger partial charge in [0.05, 0.1) is 0 Å². The van der Waals surface area contributed by atoms with E-state index in [9.17, 15) is 4.79 Å². The van der Waals surface area contributed by atoms with Gasteiger partial charge in [0.25, 0.3) is 0 Å². The van der Waals surface area contributed by atoms with E-state index in [1.807, 2.05) is 0 Å². The summed E-state index contributed by atoms with van der Waals surface area (Å²) in [6.45, 7) is 3.18. The number of halogens is 1. The molecule has 0 amide bonds. The predicted molar refractivity (Wildman–Crippen MR) is 67.6 cm³/mol. The Kier molecular flexibility index (Phi) is 4.37. The molecule has 0 radical (unpaired) electrons. The van der Waals surface area contributed by atoms with Crippen molar-refractivity contribution in [3.05, 3.63) is 28.8 Å². The summed E-state index contributed by atoms with van der Waals surface area (Å²) in [5.41, 5.74) is 0.430. The number of hydrogen-bond donors (Lipinski definition) is 3. The van der Waals surface area contributed by atoms with Crippen molar-refractivity contribution in [2.75, 3.05) is 11.9 Å². The quantitative estimate of drug-likeness (QED) is 0.756. The van der Waals surface area contributed by atoms with Crippen LogP contribution in [0, 0.1) is 0 Å². The summed E-state index contributed by atoms with van der Waals surface area (Å²) < 4.78 is 0. The number of rotatable bonds is 5. The SMILES string of the molecule is CC(C)(Nc1ccc(CCO)c(Cl)c1)C(=O)O. The molecular weight excluding hydrogens is 242 g/mol. The molecule has 0 saturated carbocycles. The molecule has 1 rings (SSSR count). The first-order valence-electron chi connectivity index (χ1n) is 5.27. The number of carboxylic acid groups (broad SMARTS) is 1. The Hall–Kier alpha value is -1.26. The molecule has 0 bridgehead atoms. The number of aliphatic carboxylic acids is 1. The third-order valence-corrected chi connectivity index (χ3v) is 2.78. The average molecular weight is 258 g/mol. The van der Waals surface area contributed by atoms with Crippen LogP contribution in [0.25, 0.3) is 0 Å². The van der Waals surface area contributed by atoms with Crippen LogP contribution in [0.3, 0.4) is 0 Å². The highest BCUT2D eigenvalue weighted by molar-refractivity contribution is 6.31. The van der Waals surface area contributed by atoms with Gasteiger partial charge in [-0.25, -0.2) is 4.79 Å². The average Bonchev–Trinajstić information content (AvgIpc) is 2.21. The summed E-state index contributed by atoms with van der Waals surface area (Å²) in [4.78, 5) is 11.0. The fraction of sp³-hybridized carbons (Fsp3) is 0.417. The highest BCUT2D eigenvalue weighted by atomic mass is 35.5. The summed E-state index contributed by atoms with van der Waals surface area (Å²) in [5, 5.41) is 21.2. The zero-order valence-corrected chi connectivity index (χ0v) is 10.6. The van der Waals surface area contributed by atoms with Gasteiger partial charge in [0.15, 0.2) is 0 Å². The number of nitrogens with one attached hydrogen (secondary N) is 1. The second kappa shape index (κ2) is 5.38. The van der Waals surface area contributed by atoms with Gasteiger partial charge in [0.2, 0.25) is 0 Å². The lowest BCUT2D eigenvalue weighted by molar-refractivity contribution is -0.141. The molecule has 0 aliphatic heterocycles. The number of carbonyl (C=O) groups is 1. The molecule has 1 aromatic rings. The second-order valence-corrected chi connectivity index (χ2v) is 4.74. The molecule has 0 spiro atoms. The molecule has 0 atom stereocenters. The zero-order chi connectivity index (χ0) is 13.1. The molecule has 0 aliphatic rings. The van der Waals surface area contributed by atoms with Crippen molar-refractivity contribution in [3.8, 4) is 0 Å². The topological polar surface area (TPSA) is 69.6 Å². The first kappa shape index (κ1) is 13.8. The number of anilines is 1. The minimum Gasteiger partial charge on any atom is -0.480 e. The summed E-state index contributed by atoms with van der Waals surface area (Å²) in [5.74, 6) is -0.937. The van der Waals surface area contributed by atoms with E-state index in [4.69, 9.17) is 21.8 Å². The minimum atomic E-state index is -1.05. The van der Waals surface area contributed by atoms with Crippen LogP contribution in [-0.2, 0) is 11.2 Å². The highest BCUT2D eigenvalue weighted by Gasteiger charge is 2.26. The second-order valence-electron chi connectivity index (χ2n) is 4.33. The third-order valence-electron chi connectivity index (χ3n) is 2.43. The van der Waals surface area contributed by atoms with E-state index < -0.39 is 11.5 Å². The number of carboxylic acids is 1. The lowest BCUT2D eigenvalue weighted by Gasteiger charge is -2.22. The van der Waals surface area contributed by atoms with Gasteiger partial charge in [-0.15, -0.1) is 0 Å². The largest absolute Gasteiger partial charge is 0.480 e. The van der Waals surface area contributed by atoms with Crippen LogP contribution in [0.15, 0.2) is 18.2 Å². The van der Waals surface area contributed by atoms with Crippen molar-refractivity contribution in [2.45, 2.75) is 25.8 Å². The van der Waals surface area contributed by atoms with E-state index in [2.05, 4.69) is 5.32 Å². The number of hydrogen-bond acceptors (Lipinski definition) is 3. The fourth-order valence-corrected chi connectivity index (χ4v) is 1.64. The standard InChI is InChI=1S/C12H16ClNO3/c1-12(2,11(16)17)14-9-4-3-8(5-6-15)10(13)7-9/h3-4,7,14-15H,5-6H2,1-2H3,(H,16,17). The van der Waals surface area contributed by atoms with E-state index in [1.54, 1.807) is 32.0 Å². The van der Waals surface area contributed by atoms with Crippen LogP contribution in [0.5, 0.6) is 0 Å². The summed E-state index contributed by atoms with van der Waals surface area (Å²) in [6, 6.07) is 5.19. The van der Waals surface area contributed by atoms with Crippen LogP contribution in [0.4, 0.5) is 5.69 Å². The smallest absolute Gasteiger partial charge is 0.328 e. The monoisotopic (exact) mass is 257 g/mol. The summed E-state index contributed by atoms with van der Waals surface area (Å²) in [7, 11) is 0. The van der Waals surface area contributed by atoms with Gasteiger partial charge in [-0.3, -0.25) is 0 Å². The fourth-order valence-electron chi connectivity index (χ4n) is 1.36. The van der Waals surface area contributed by atoms with E-state index in [0.717, 1.165) is 5.56 Å². The molecule has 0 saturated heterocycles. The lowest BCUT2D eigenvalue weighted by Crippen LogP contribution is -2.39. The molecule has 0 aliphatic carbocycles. The maximum atomic E-state index is 11.0. The van der Waals surface area contributed by atoms with E-state index in [-0.39, 0.29) is 6.61 Å². The van der Waals surface area contributed by atoms with Crippen LogP contribution >= 0.6 is 11.6 Å². The third kappa shape index (κ3) is 3.61. The molecule has 4 nitrogen and oxygen atoms in total. The van der Waals surface area contributed by atoms with Gasteiger partial charge in [-0.05, 0) is 38.0 Å². The number of aliphatic hydroxyl groups is 1. The molecule has 0 aromatic heterocycles. The maximum absolute atomic E-state index is 11.0. The van der Waals surface area contributed by atoms with Crippen LogP contribution in [-0.4, -0.2) is 28.3 Å². The number of aliphatic hydroxyl groups excluding tert-OH is 1. The zero-order valence-electron chi connectivity index (χ0n) is 9.83. The van der Waals surface area contributed by atoms with Crippen molar-refractivity contribution in [1.29, 1.82) is 0 Å². The van der Waals surface area contributed by atoms with Crippen molar-refractivity contribution >= 4 is 23.3 Å². The van der Waals surface area contributed by atoms with Crippen molar-refractivity contribution in [3.63, 3.8) is 0 Å². The van der Waals surface area contributed by atoms with E-state index in [1.165, 1.54) is 0 Å². The van der Waals surface area contributed by atoms with Gasteiger partial charge in [-0.2, -0.15) is 0 Å². The molecule has 94 valence electrons. The minimum absolute atomic E-state index is 0.0348.